The molecule has 0 bridgehead atoms. The molecule has 0 saturated carbocycles. The van der Waals surface area contributed by atoms with Crippen LogP contribution in [0.25, 0.3) is 0 Å². The number of hydrogen-bond donors (Lipinski definition) is 6. The van der Waals surface area contributed by atoms with Crippen LogP contribution in [0.1, 0.15) is 66.2 Å². The number of primary amides is 1. The monoisotopic (exact) mass is 526 g/mol. The molecule has 0 aromatic heterocycles. The number of carboxylic acid groups (broad SMARTS) is 1. The van der Waals surface area contributed by atoms with E-state index in [4.69, 9.17) is 10.8 Å². The minimum Gasteiger partial charge on any atom is -0.481 e. The van der Waals surface area contributed by atoms with Crippen LogP contribution in [-0.2, 0) is 24.0 Å². The zero-order valence-electron chi connectivity index (χ0n) is 22.2. The van der Waals surface area contributed by atoms with Gasteiger partial charge in [-0.15, -0.1) is 0 Å². The van der Waals surface area contributed by atoms with E-state index >= 15 is 0 Å². The Morgan fingerprint density at radius 1 is 0.919 bits per heavy atom. The van der Waals surface area contributed by atoms with Crippen molar-refractivity contribution >= 4 is 35.6 Å². The van der Waals surface area contributed by atoms with Crippen molar-refractivity contribution in [2.24, 2.45) is 17.6 Å². The topological polar surface area (TPSA) is 200 Å². The van der Waals surface area contributed by atoms with E-state index in [2.05, 4.69) is 21.3 Å². The Kier molecular flexibility index (Phi) is 13.4. The van der Waals surface area contributed by atoms with Gasteiger partial charge in [-0.25, -0.2) is 4.79 Å². The Labute approximate surface area is 217 Å². The molecule has 1 aliphatic rings. The summed E-state index contributed by atoms with van der Waals surface area (Å²) < 4.78 is 0. The molecule has 1 rings (SSSR count). The summed E-state index contributed by atoms with van der Waals surface area (Å²) in [7, 11) is 0. The second-order valence-electron chi connectivity index (χ2n) is 9.94. The molecule has 210 valence electrons. The van der Waals surface area contributed by atoms with Gasteiger partial charge < -0.3 is 37.0 Å². The van der Waals surface area contributed by atoms with Crippen LogP contribution < -0.4 is 27.0 Å². The Morgan fingerprint density at radius 3 is 2.05 bits per heavy atom. The van der Waals surface area contributed by atoms with Crippen LogP contribution in [-0.4, -0.2) is 83.4 Å². The van der Waals surface area contributed by atoms with Gasteiger partial charge in [0.25, 0.3) is 0 Å². The number of nitrogens with two attached hydrogens (primary N) is 1. The van der Waals surface area contributed by atoms with Crippen molar-refractivity contribution in [3.8, 4) is 0 Å². The molecule has 1 saturated heterocycles. The van der Waals surface area contributed by atoms with Crippen LogP contribution in [0.3, 0.4) is 0 Å². The molecule has 37 heavy (non-hydrogen) atoms. The largest absolute Gasteiger partial charge is 0.481 e. The zero-order chi connectivity index (χ0) is 28.1. The normalized spacial score (nSPS) is 15.6. The zero-order valence-corrected chi connectivity index (χ0v) is 22.2. The van der Waals surface area contributed by atoms with Gasteiger partial charge in [0, 0.05) is 38.5 Å². The predicted octanol–water partition coefficient (Wildman–Crippen LogP) is -0.311. The first-order valence-electron chi connectivity index (χ1n) is 12.8. The van der Waals surface area contributed by atoms with Gasteiger partial charge in [-0.1, -0.05) is 13.8 Å². The fraction of sp³-hybridized carbons (Fsp3) is 0.750. The Balaban J connectivity index is 2.66. The van der Waals surface area contributed by atoms with Gasteiger partial charge in [0.2, 0.25) is 23.6 Å². The number of nitrogens with zero attached hydrogens (tertiary/aromatic N) is 1. The fourth-order valence-corrected chi connectivity index (χ4v) is 3.97. The number of rotatable bonds is 14. The summed E-state index contributed by atoms with van der Waals surface area (Å²) in [4.78, 5) is 74.1. The van der Waals surface area contributed by atoms with Crippen molar-refractivity contribution in [2.45, 2.75) is 84.3 Å². The molecular formula is C24H42N6O7. The van der Waals surface area contributed by atoms with Gasteiger partial charge in [0.05, 0.1) is 5.92 Å². The predicted molar refractivity (Wildman–Crippen MR) is 135 cm³/mol. The van der Waals surface area contributed by atoms with Crippen LogP contribution in [0.15, 0.2) is 0 Å². The highest BCUT2D eigenvalue weighted by Gasteiger charge is 2.30. The fourth-order valence-electron chi connectivity index (χ4n) is 3.97. The Bertz CT molecular complexity index is 824. The summed E-state index contributed by atoms with van der Waals surface area (Å²) in [6.45, 7) is 8.00. The number of piperidine rings is 1. The van der Waals surface area contributed by atoms with Gasteiger partial charge in [-0.05, 0) is 45.4 Å². The average Bonchev–Trinajstić information content (AvgIpc) is 2.81. The summed E-state index contributed by atoms with van der Waals surface area (Å²) in [5.74, 6) is -3.24. The van der Waals surface area contributed by atoms with Gasteiger partial charge in [-0.2, -0.15) is 0 Å². The third-order valence-electron chi connectivity index (χ3n) is 6.06. The maximum Gasteiger partial charge on any atom is 0.312 e. The molecule has 7 N–H and O–H groups in total. The van der Waals surface area contributed by atoms with E-state index in [0.717, 1.165) is 0 Å². The first-order chi connectivity index (χ1) is 17.3. The van der Waals surface area contributed by atoms with E-state index in [1.54, 1.807) is 32.6 Å². The van der Waals surface area contributed by atoms with Crippen molar-refractivity contribution in [3.63, 3.8) is 0 Å². The lowest BCUT2D eigenvalue weighted by Gasteiger charge is -2.30. The van der Waals surface area contributed by atoms with Crippen LogP contribution in [0, 0.1) is 11.8 Å². The van der Waals surface area contributed by atoms with E-state index in [-0.39, 0.29) is 49.6 Å². The van der Waals surface area contributed by atoms with Crippen LogP contribution >= 0.6 is 0 Å². The van der Waals surface area contributed by atoms with E-state index < -0.39 is 41.8 Å². The number of aliphatic carboxylic acids is 1. The number of carbonyl (C=O) groups excluding carboxylic acids is 5. The lowest BCUT2D eigenvalue weighted by Crippen LogP contribution is -2.56. The number of urea groups is 1. The summed E-state index contributed by atoms with van der Waals surface area (Å²) >= 11 is 0. The van der Waals surface area contributed by atoms with Crippen molar-refractivity contribution in [3.05, 3.63) is 0 Å². The number of hydrogen-bond acceptors (Lipinski definition) is 6. The highest BCUT2D eigenvalue weighted by atomic mass is 16.4. The molecular weight excluding hydrogens is 484 g/mol. The van der Waals surface area contributed by atoms with E-state index in [9.17, 15) is 28.8 Å². The second kappa shape index (κ2) is 15.7. The minimum absolute atomic E-state index is 0.0533. The van der Waals surface area contributed by atoms with Gasteiger partial charge in [-0.3, -0.25) is 24.0 Å². The SMILES string of the molecule is CC(C)NC(=O)[C@H](CCCNC(N)=O)NC(=O)[C@@H](NC(=O)CCC(=O)N1CCC(C(=O)O)CC1)C(C)C. The van der Waals surface area contributed by atoms with Gasteiger partial charge >= 0.3 is 12.0 Å². The number of nitrogens with one attached hydrogen (secondary N) is 4. The second-order valence-corrected chi connectivity index (χ2v) is 9.94. The molecule has 0 aromatic carbocycles. The van der Waals surface area contributed by atoms with Gasteiger partial charge in [0.1, 0.15) is 12.1 Å². The molecule has 13 heteroatoms. The molecule has 0 unspecified atom stereocenters. The number of carbonyl (C=O) groups is 6. The molecule has 0 aromatic rings. The summed E-state index contributed by atoms with van der Waals surface area (Å²) in [5.41, 5.74) is 5.05. The molecule has 0 radical (unpaired) electrons. The first-order valence-corrected chi connectivity index (χ1v) is 12.8. The van der Waals surface area contributed by atoms with Crippen LogP contribution in [0.5, 0.6) is 0 Å². The molecule has 0 spiro atoms. The van der Waals surface area contributed by atoms with Crippen LogP contribution in [0.4, 0.5) is 4.79 Å². The molecule has 1 aliphatic heterocycles. The molecule has 0 aliphatic carbocycles. The maximum absolute atomic E-state index is 13.0. The molecule has 1 fully saturated rings. The Hall–Kier alpha value is -3.38. The lowest BCUT2D eigenvalue weighted by atomic mass is 9.97. The van der Waals surface area contributed by atoms with E-state index in [1.807, 2.05) is 0 Å². The third kappa shape index (κ3) is 11.9. The minimum atomic E-state index is -0.924. The maximum atomic E-state index is 13.0. The standard InChI is InChI=1S/C24H42N6O7/c1-14(2)20(22(34)28-17(21(33)27-15(3)4)6-5-11-26-24(25)37)29-18(31)7-8-19(32)30-12-9-16(10-13-30)23(35)36/h14-17,20H,5-13H2,1-4H3,(H,27,33)(H,28,34)(H,29,31)(H,35,36)(H3,25,26,37)/t17-,20-/m0/s1. The molecule has 6 amide bonds. The Morgan fingerprint density at radius 2 is 1.54 bits per heavy atom. The highest BCUT2D eigenvalue weighted by molar-refractivity contribution is 5.93. The quantitative estimate of drug-likeness (QED) is 0.167. The smallest absolute Gasteiger partial charge is 0.312 e. The first kappa shape index (κ1) is 31.6. The number of carboxylic acids is 1. The van der Waals surface area contributed by atoms with Crippen molar-refractivity contribution in [1.29, 1.82) is 0 Å². The molecule has 13 nitrogen and oxygen atoms in total. The van der Waals surface area contributed by atoms with Gasteiger partial charge in [0.15, 0.2) is 0 Å². The van der Waals surface area contributed by atoms with E-state index in [0.29, 0.717) is 32.4 Å². The number of likely N-dealkylation sites (tertiary alicyclic amines) is 1. The molecule has 1 heterocycles. The van der Waals surface area contributed by atoms with Crippen molar-refractivity contribution in [2.75, 3.05) is 19.6 Å². The summed E-state index contributed by atoms with van der Waals surface area (Å²) in [6.07, 6.45) is 1.23. The number of amides is 6. The van der Waals surface area contributed by atoms with Crippen molar-refractivity contribution < 1.29 is 33.9 Å². The van der Waals surface area contributed by atoms with Crippen molar-refractivity contribution in [1.82, 2.24) is 26.2 Å². The molecule has 2 atom stereocenters. The third-order valence-corrected chi connectivity index (χ3v) is 6.06. The highest BCUT2D eigenvalue weighted by Crippen LogP contribution is 2.18. The summed E-state index contributed by atoms with van der Waals surface area (Å²) in [5, 5.41) is 19.6. The van der Waals surface area contributed by atoms with E-state index in [1.165, 1.54) is 0 Å². The lowest BCUT2D eigenvalue weighted by molar-refractivity contribution is -0.145. The summed E-state index contributed by atoms with van der Waals surface area (Å²) in [6, 6.07) is -2.63. The van der Waals surface area contributed by atoms with Crippen LogP contribution in [0.2, 0.25) is 0 Å². The average molecular weight is 527 g/mol.